The number of hydrogen-bond acceptors (Lipinski definition) is 4. The maximum atomic E-state index is 13.1. The van der Waals surface area contributed by atoms with Crippen LogP contribution in [0.3, 0.4) is 0 Å². The molecule has 0 radical (unpaired) electrons. The Kier molecular flexibility index (Phi) is 6.52. The molecular weight excluding hydrogens is 348 g/mol. The molecule has 7 heteroatoms. The average molecular weight is 365 g/mol. The summed E-state index contributed by atoms with van der Waals surface area (Å²) in [6, 6.07) is 8.52. The number of nitrogens with one attached hydrogen (secondary N) is 1. The number of esters is 1. The van der Waals surface area contributed by atoms with Crippen molar-refractivity contribution >= 4 is 29.3 Å². The zero-order valence-electron chi connectivity index (χ0n) is 13.8. The van der Waals surface area contributed by atoms with Crippen LogP contribution in [0.25, 0.3) is 0 Å². The number of ether oxygens (including phenoxy) is 1. The molecule has 0 aromatic heterocycles. The van der Waals surface area contributed by atoms with Crippen molar-refractivity contribution in [2.75, 3.05) is 18.2 Å². The van der Waals surface area contributed by atoms with E-state index < -0.39 is 17.6 Å². The highest BCUT2D eigenvalue weighted by Gasteiger charge is 2.11. The molecule has 0 spiro atoms. The fourth-order valence-corrected chi connectivity index (χ4v) is 2.92. The second-order valence-electron chi connectivity index (χ2n) is 5.24. The van der Waals surface area contributed by atoms with Crippen LogP contribution >= 0.6 is 11.8 Å². The Morgan fingerprint density at radius 1 is 1.12 bits per heavy atom. The molecule has 0 fully saturated rings. The van der Waals surface area contributed by atoms with Crippen molar-refractivity contribution in [3.05, 3.63) is 59.2 Å². The van der Waals surface area contributed by atoms with Gasteiger partial charge in [-0.3, -0.25) is 4.79 Å². The summed E-state index contributed by atoms with van der Waals surface area (Å²) >= 11 is 1.26. The first kappa shape index (κ1) is 18.9. The number of rotatable bonds is 6. The van der Waals surface area contributed by atoms with Gasteiger partial charge in [0.05, 0.1) is 12.7 Å². The van der Waals surface area contributed by atoms with Crippen molar-refractivity contribution in [3.8, 4) is 0 Å². The fraction of sp³-hybridized carbons (Fsp3) is 0.222. The van der Waals surface area contributed by atoms with Crippen molar-refractivity contribution < 1.29 is 23.1 Å². The molecule has 0 aliphatic carbocycles. The molecule has 0 aliphatic rings. The number of carbonyl (C=O) groups is 2. The lowest BCUT2D eigenvalue weighted by Crippen LogP contribution is -2.14. The van der Waals surface area contributed by atoms with Crippen molar-refractivity contribution in [2.24, 2.45) is 0 Å². The van der Waals surface area contributed by atoms with Gasteiger partial charge in [0.1, 0.15) is 0 Å². The predicted octanol–water partition coefficient (Wildman–Crippen LogP) is 4.18. The van der Waals surface area contributed by atoms with Crippen LogP contribution in [-0.4, -0.2) is 24.7 Å². The van der Waals surface area contributed by atoms with Crippen LogP contribution in [0.1, 0.15) is 22.3 Å². The third kappa shape index (κ3) is 5.29. The largest absolute Gasteiger partial charge is 0.465 e. The van der Waals surface area contributed by atoms with Crippen LogP contribution < -0.4 is 5.32 Å². The van der Waals surface area contributed by atoms with Crippen LogP contribution in [0.2, 0.25) is 0 Å². The molecule has 0 heterocycles. The fourth-order valence-electron chi connectivity index (χ4n) is 2.04. The van der Waals surface area contributed by atoms with E-state index in [9.17, 15) is 18.4 Å². The number of halogens is 2. The molecule has 0 aliphatic heterocycles. The lowest BCUT2D eigenvalue weighted by Gasteiger charge is -2.10. The van der Waals surface area contributed by atoms with E-state index in [1.54, 1.807) is 18.2 Å². The summed E-state index contributed by atoms with van der Waals surface area (Å²) in [7, 11) is 1.29. The van der Waals surface area contributed by atoms with Gasteiger partial charge >= 0.3 is 5.97 Å². The number of amides is 1. The molecule has 0 atom stereocenters. The first-order valence-corrected chi connectivity index (χ1v) is 8.46. The lowest BCUT2D eigenvalue weighted by molar-refractivity contribution is -0.115. The van der Waals surface area contributed by atoms with Crippen molar-refractivity contribution in [1.82, 2.24) is 0 Å². The maximum Gasteiger partial charge on any atom is 0.337 e. The number of anilines is 1. The van der Waals surface area contributed by atoms with E-state index in [0.29, 0.717) is 21.9 Å². The summed E-state index contributed by atoms with van der Waals surface area (Å²) < 4.78 is 30.6. The summed E-state index contributed by atoms with van der Waals surface area (Å²) in [5, 5.41) is 2.74. The van der Waals surface area contributed by atoms with Crippen molar-refractivity contribution in [1.29, 1.82) is 0 Å². The topological polar surface area (TPSA) is 55.4 Å². The number of aryl methyl sites for hydroxylation is 1. The Labute approximate surface area is 148 Å². The molecule has 2 aromatic rings. The van der Waals surface area contributed by atoms with Gasteiger partial charge in [-0.05, 0) is 42.8 Å². The maximum absolute atomic E-state index is 13.1. The highest BCUT2D eigenvalue weighted by Crippen LogP contribution is 2.22. The van der Waals surface area contributed by atoms with E-state index in [4.69, 9.17) is 0 Å². The molecule has 2 aromatic carbocycles. The van der Waals surface area contributed by atoms with Crippen LogP contribution in [0, 0.1) is 18.6 Å². The van der Waals surface area contributed by atoms with E-state index in [1.165, 1.54) is 24.9 Å². The Hall–Kier alpha value is -2.41. The molecule has 0 saturated heterocycles. The van der Waals surface area contributed by atoms with Crippen LogP contribution in [0.5, 0.6) is 0 Å². The zero-order valence-corrected chi connectivity index (χ0v) is 14.6. The molecular formula is C18H17F2NO3S. The van der Waals surface area contributed by atoms with Gasteiger partial charge in [-0.2, -0.15) is 0 Å². The number of benzene rings is 2. The highest BCUT2D eigenvalue weighted by molar-refractivity contribution is 7.99. The molecule has 25 heavy (non-hydrogen) atoms. The van der Waals surface area contributed by atoms with E-state index in [2.05, 4.69) is 10.1 Å². The Morgan fingerprint density at radius 2 is 1.88 bits per heavy atom. The average Bonchev–Trinajstić information content (AvgIpc) is 2.59. The normalized spacial score (nSPS) is 10.4. The highest BCUT2D eigenvalue weighted by atomic mass is 32.2. The van der Waals surface area contributed by atoms with E-state index >= 15 is 0 Å². The predicted molar refractivity (Wildman–Crippen MR) is 92.8 cm³/mol. The zero-order chi connectivity index (χ0) is 18.4. The Balaban J connectivity index is 1.91. The van der Waals surface area contributed by atoms with Gasteiger partial charge in [-0.15, -0.1) is 11.8 Å². The summed E-state index contributed by atoms with van der Waals surface area (Å²) in [5.41, 5.74) is 1.69. The van der Waals surface area contributed by atoms with Gasteiger partial charge in [-0.25, -0.2) is 13.6 Å². The van der Waals surface area contributed by atoms with Gasteiger partial charge in [0.25, 0.3) is 0 Å². The third-order valence-electron chi connectivity index (χ3n) is 3.42. The SMILES string of the molecule is COC(=O)c1ccc(C)c(NC(=O)CCSc2ccc(F)c(F)c2)c1. The second-order valence-corrected chi connectivity index (χ2v) is 6.41. The molecule has 2 rings (SSSR count). The second kappa shape index (κ2) is 8.62. The molecule has 1 amide bonds. The molecule has 132 valence electrons. The minimum absolute atomic E-state index is 0.186. The first-order chi connectivity index (χ1) is 11.9. The molecule has 4 nitrogen and oxygen atoms in total. The van der Waals surface area contributed by atoms with Crippen molar-refractivity contribution in [3.63, 3.8) is 0 Å². The number of thioether (sulfide) groups is 1. The van der Waals surface area contributed by atoms with E-state index in [0.717, 1.165) is 17.7 Å². The monoisotopic (exact) mass is 365 g/mol. The minimum Gasteiger partial charge on any atom is -0.465 e. The molecule has 1 N–H and O–H groups in total. The minimum atomic E-state index is -0.912. The third-order valence-corrected chi connectivity index (χ3v) is 4.42. The lowest BCUT2D eigenvalue weighted by atomic mass is 10.1. The number of hydrogen-bond donors (Lipinski definition) is 1. The van der Waals surface area contributed by atoms with Crippen LogP contribution in [-0.2, 0) is 9.53 Å². The molecule has 0 saturated carbocycles. The van der Waals surface area contributed by atoms with Crippen LogP contribution in [0.15, 0.2) is 41.3 Å². The van der Waals surface area contributed by atoms with Crippen LogP contribution in [0.4, 0.5) is 14.5 Å². The van der Waals surface area contributed by atoms with Gasteiger partial charge in [0.2, 0.25) is 5.91 Å². The molecule has 0 bridgehead atoms. The summed E-state index contributed by atoms with van der Waals surface area (Å²) in [6.45, 7) is 1.81. The molecule has 0 unspecified atom stereocenters. The number of methoxy groups -OCH3 is 1. The summed E-state index contributed by atoms with van der Waals surface area (Å²) in [4.78, 5) is 24.2. The van der Waals surface area contributed by atoms with E-state index in [-0.39, 0.29) is 12.3 Å². The summed E-state index contributed by atoms with van der Waals surface area (Å²) in [6.07, 6.45) is 0.186. The quantitative estimate of drug-likeness (QED) is 0.616. The first-order valence-electron chi connectivity index (χ1n) is 7.47. The van der Waals surface area contributed by atoms with Gasteiger partial charge in [0.15, 0.2) is 11.6 Å². The van der Waals surface area contributed by atoms with Gasteiger partial charge in [-0.1, -0.05) is 6.07 Å². The smallest absolute Gasteiger partial charge is 0.337 e. The standard InChI is InChI=1S/C18H17F2NO3S/c1-11-3-4-12(18(23)24-2)9-16(11)21-17(22)7-8-25-13-5-6-14(19)15(20)10-13/h3-6,9-10H,7-8H2,1-2H3,(H,21,22). The summed E-state index contributed by atoms with van der Waals surface area (Å²) in [5.74, 6) is -2.12. The van der Waals surface area contributed by atoms with Gasteiger partial charge in [0, 0.05) is 22.8 Å². The van der Waals surface area contributed by atoms with Crippen molar-refractivity contribution in [2.45, 2.75) is 18.2 Å². The van der Waals surface area contributed by atoms with Gasteiger partial charge < -0.3 is 10.1 Å². The Morgan fingerprint density at radius 3 is 2.56 bits per heavy atom. The Bertz CT molecular complexity index is 796. The number of carbonyl (C=O) groups excluding carboxylic acids is 2. The van der Waals surface area contributed by atoms with E-state index in [1.807, 2.05) is 6.92 Å².